The molecule has 0 unspecified atom stereocenters. The maximum Gasteiger partial charge on any atom is 0.226 e. The lowest BCUT2D eigenvalue weighted by Gasteiger charge is -2.36. The van der Waals surface area contributed by atoms with Crippen LogP contribution in [0.5, 0.6) is 0 Å². The molecule has 106 valence electrons. The summed E-state index contributed by atoms with van der Waals surface area (Å²) in [6, 6.07) is 0. The number of amides is 1. The number of piperidine rings is 1. The Hall–Kier alpha value is -1.43. The molecule has 6 heteroatoms. The van der Waals surface area contributed by atoms with E-state index in [2.05, 4.69) is 27.6 Å². The summed E-state index contributed by atoms with van der Waals surface area (Å²) >= 11 is 0. The van der Waals surface area contributed by atoms with Crippen molar-refractivity contribution in [2.24, 2.45) is 12.5 Å². The molecular weight excluding hydrogens is 242 g/mol. The number of hydrogen-bond donors (Lipinski definition) is 2. The van der Waals surface area contributed by atoms with Crippen molar-refractivity contribution in [3.05, 3.63) is 12.2 Å². The number of rotatable bonds is 5. The van der Waals surface area contributed by atoms with E-state index in [4.69, 9.17) is 0 Å². The number of hydrogen-bond acceptors (Lipinski definition) is 4. The molecule has 1 saturated heterocycles. The van der Waals surface area contributed by atoms with Gasteiger partial charge in [0.1, 0.15) is 6.33 Å². The van der Waals surface area contributed by atoms with Gasteiger partial charge >= 0.3 is 0 Å². The summed E-state index contributed by atoms with van der Waals surface area (Å²) in [7, 11) is 1.82. The van der Waals surface area contributed by atoms with Gasteiger partial charge in [0.2, 0.25) is 5.91 Å². The minimum Gasteiger partial charge on any atom is -0.348 e. The molecule has 19 heavy (non-hydrogen) atoms. The summed E-state index contributed by atoms with van der Waals surface area (Å²) in [5.41, 5.74) is -0.200. The molecule has 0 atom stereocenters. The van der Waals surface area contributed by atoms with Gasteiger partial charge < -0.3 is 10.6 Å². The third kappa shape index (κ3) is 3.32. The predicted octanol–water partition coefficient (Wildman–Crippen LogP) is 0.601. The van der Waals surface area contributed by atoms with E-state index in [0.717, 1.165) is 38.8 Å². The summed E-state index contributed by atoms with van der Waals surface area (Å²) in [5, 5.41) is 10.5. The van der Waals surface area contributed by atoms with Gasteiger partial charge in [-0.3, -0.25) is 9.48 Å². The third-order valence-electron chi connectivity index (χ3n) is 3.82. The van der Waals surface area contributed by atoms with E-state index in [-0.39, 0.29) is 11.3 Å². The SMILES string of the molecule is CCCC1(C(=O)NCc2ncn(C)n2)CCNCC1. The lowest BCUT2D eigenvalue weighted by atomic mass is 9.74. The normalized spacial score (nSPS) is 18.2. The Kier molecular flexibility index (Phi) is 4.52. The van der Waals surface area contributed by atoms with Crippen molar-refractivity contribution < 1.29 is 4.79 Å². The molecular formula is C13H23N5O. The van der Waals surface area contributed by atoms with E-state index in [1.807, 2.05) is 7.05 Å². The molecule has 2 N–H and O–H groups in total. The lowest BCUT2D eigenvalue weighted by molar-refractivity contribution is -0.133. The first-order valence-corrected chi connectivity index (χ1v) is 7.00. The monoisotopic (exact) mass is 265 g/mol. The van der Waals surface area contributed by atoms with Gasteiger partial charge in [-0.1, -0.05) is 13.3 Å². The van der Waals surface area contributed by atoms with E-state index in [9.17, 15) is 4.79 Å². The molecule has 1 aliphatic heterocycles. The Bertz CT molecular complexity index is 417. The molecule has 2 heterocycles. The molecule has 1 fully saturated rings. The molecule has 0 bridgehead atoms. The predicted molar refractivity (Wildman–Crippen MR) is 72.3 cm³/mol. The van der Waals surface area contributed by atoms with Crippen molar-refractivity contribution >= 4 is 5.91 Å². The number of aryl methyl sites for hydroxylation is 1. The number of aromatic nitrogens is 3. The molecule has 0 saturated carbocycles. The van der Waals surface area contributed by atoms with Crippen LogP contribution in [-0.4, -0.2) is 33.8 Å². The zero-order valence-electron chi connectivity index (χ0n) is 11.8. The summed E-state index contributed by atoms with van der Waals surface area (Å²) < 4.78 is 1.65. The Balaban J connectivity index is 1.95. The van der Waals surface area contributed by atoms with E-state index < -0.39 is 0 Å². The first-order chi connectivity index (χ1) is 9.16. The fraction of sp³-hybridized carbons (Fsp3) is 0.769. The van der Waals surface area contributed by atoms with E-state index in [0.29, 0.717) is 12.4 Å². The maximum atomic E-state index is 12.5. The topological polar surface area (TPSA) is 71.8 Å². The van der Waals surface area contributed by atoms with Crippen LogP contribution in [0.15, 0.2) is 6.33 Å². The molecule has 0 aromatic carbocycles. The van der Waals surface area contributed by atoms with Gasteiger partial charge in [0.15, 0.2) is 5.82 Å². The van der Waals surface area contributed by atoms with Gasteiger partial charge in [-0.05, 0) is 32.4 Å². The van der Waals surface area contributed by atoms with Crippen LogP contribution in [0.2, 0.25) is 0 Å². The van der Waals surface area contributed by atoms with Crippen LogP contribution in [0.25, 0.3) is 0 Å². The maximum absolute atomic E-state index is 12.5. The second kappa shape index (κ2) is 6.14. The van der Waals surface area contributed by atoms with Crippen molar-refractivity contribution in [2.75, 3.05) is 13.1 Å². The second-order valence-corrected chi connectivity index (χ2v) is 5.30. The van der Waals surface area contributed by atoms with Crippen LogP contribution < -0.4 is 10.6 Å². The zero-order chi connectivity index (χ0) is 13.7. The number of nitrogens with zero attached hydrogens (tertiary/aromatic N) is 3. The standard InChI is InChI=1S/C13H23N5O/c1-3-4-13(5-7-14-8-6-13)12(19)15-9-11-16-10-18(2)17-11/h10,14H,3-9H2,1-2H3,(H,15,19). The van der Waals surface area contributed by atoms with Crippen LogP contribution in [0.1, 0.15) is 38.4 Å². The van der Waals surface area contributed by atoms with Crippen LogP contribution in [-0.2, 0) is 18.4 Å². The Labute approximate surface area is 114 Å². The van der Waals surface area contributed by atoms with Crippen molar-refractivity contribution in [3.8, 4) is 0 Å². The van der Waals surface area contributed by atoms with Gasteiger partial charge in [-0.25, -0.2) is 4.98 Å². The number of nitrogens with one attached hydrogen (secondary N) is 2. The first-order valence-electron chi connectivity index (χ1n) is 7.00. The minimum atomic E-state index is -0.200. The molecule has 1 amide bonds. The fourth-order valence-corrected chi connectivity index (χ4v) is 2.79. The highest BCUT2D eigenvalue weighted by Gasteiger charge is 2.38. The van der Waals surface area contributed by atoms with Gasteiger partial charge in [0, 0.05) is 7.05 Å². The number of carbonyl (C=O) groups is 1. The van der Waals surface area contributed by atoms with Crippen LogP contribution >= 0.6 is 0 Å². The highest BCUT2D eigenvalue weighted by molar-refractivity contribution is 5.82. The minimum absolute atomic E-state index is 0.156. The summed E-state index contributed by atoms with van der Waals surface area (Å²) in [4.78, 5) is 16.6. The van der Waals surface area contributed by atoms with Crippen molar-refractivity contribution in [3.63, 3.8) is 0 Å². The summed E-state index contributed by atoms with van der Waals surface area (Å²) in [6.45, 7) is 4.40. The van der Waals surface area contributed by atoms with Crippen molar-refractivity contribution in [2.45, 2.75) is 39.2 Å². The van der Waals surface area contributed by atoms with E-state index in [1.54, 1.807) is 11.0 Å². The third-order valence-corrected chi connectivity index (χ3v) is 3.82. The molecule has 0 aliphatic carbocycles. The molecule has 0 radical (unpaired) electrons. The first kappa shape index (κ1) is 14.0. The van der Waals surface area contributed by atoms with Crippen molar-refractivity contribution in [1.29, 1.82) is 0 Å². The largest absolute Gasteiger partial charge is 0.348 e. The lowest BCUT2D eigenvalue weighted by Crippen LogP contribution is -2.47. The molecule has 1 aromatic heterocycles. The van der Waals surface area contributed by atoms with Gasteiger partial charge in [0.25, 0.3) is 0 Å². The molecule has 2 rings (SSSR count). The fourth-order valence-electron chi connectivity index (χ4n) is 2.79. The van der Waals surface area contributed by atoms with Gasteiger partial charge in [-0.2, -0.15) is 5.10 Å². The van der Waals surface area contributed by atoms with Crippen LogP contribution in [0, 0.1) is 5.41 Å². The van der Waals surface area contributed by atoms with Crippen molar-refractivity contribution in [1.82, 2.24) is 25.4 Å². The Morgan fingerprint density at radius 3 is 2.84 bits per heavy atom. The average molecular weight is 265 g/mol. The Morgan fingerprint density at radius 2 is 2.26 bits per heavy atom. The molecule has 6 nitrogen and oxygen atoms in total. The average Bonchev–Trinajstić information content (AvgIpc) is 2.83. The summed E-state index contributed by atoms with van der Waals surface area (Å²) in [5.74, 6) is 0.819. The van der Waals surface area contributed by atoms with Gasteiger partial charge in [0.05, 0.1) is 12.0 Å². The summed E-state index contributed by atoms with van der Waals surface area (Å²) in [6.07, 6.45) is 5.48. The van der Waals surface area contributed by atoms with Gasteiger partial charge in [-0.15, -0.1) is 0 Å². The Morgan fingerprint density at radius 1 is 1.53 bits per heavy atom. The highest BCUT2D eigenvalue weighted by atomic mass is 16.2. The zero-order valence-corrected chi connectivity index (χ0v) is 11.8. The number of carbonyl (C=O) groups excluding carboxylic acids is 1. The molecule has 0 spiro atoms. The highest BCUT2D eigenvalue weighted by Crippen LogP contribution is 2.34. The quantitative estimate of drug-likeness (QED) is 0.818. The molecule has 1 aliphatic rings. The smallest absolute Gasteiger partial charge is 0.226 e. The molecule has 1 aromatic rings. The van der Waals surface area contributed by atoms with E-state index >= 15 is 0 Å². The van der Waals surface area contributed by atoms with E-state index in [1.165, 1.54) is 0 Å². The van der Waals surface area contributed by atoms with Crippen LogP contribution in [0.3, 0.4) is 0 Å². The second-order valence-electron chi connectivity index (χ2n) is 5.30. The van der Waals surface area contributed by atoms with Crippen LogP contribution in [0.4, 0.5) is 0 Å².